The first-order chi connectivity index (χ1) is 10.6. The van der Waals surface area contributed by atoms with Gasteiger partial charge in [-0.25, -0.2) is 14.0 Å². The monoisotopic (exact) mass is 360 g/mol. The normalized spacial score (nSPS) is 15.6. The molecule has 0 aliphatic heterocycles. The average Bonchev–Trinajstić information content (AvgIpc) is 2.94. The van der Waals surface area contributed by atoms with Crippen molar-refractivity contribution in [2.45, 2.75) is 51.9 Å². The zero-order valence-corrected chi connectivity index (χ0v) is 16.0. The topological polar surface area (TPSA) is 88.9 Å². The molecule has 130 valence electrons. The number of nitrogens with zero attached hydrogens (tertiary/aromatic N) is 2. The number of methoxy groups -OCH3 is 1. The minimum atomic E-state index is -1.38. The molecule has 0 saturated heterocycles. The van der Waals surface area contributed by atoms with Gasteiger partial charge in [-0.2, -0.15) is 4.40 Å². The Balaban J connectivity index is 2.92. The zero-order chi connectivity index (χ0) is 17.8. The number of ether oxygens (including phenoxy) is 1. The summed E-state index contributed by atoms with van der Waals surface area (Å²) in [6.07, 6.45) is -0.662. The molecule has 6 nitrogen and oxygen atoms in total. The summed E-state index contributed by atoms with van der Waals surface area (Å²) in [7, 11) is -0.0977. The largest absolute Gasteiger partial charge is 0.464 e. The van der Waals surface area contributed by atoms with Crippen molar-refractivity contribution in [2.75, 3.05) is 7.11 Å². The van der Waals surface area contributed by atoms with E-state index in [0.29, 0.717) is 10.7 Å². The van der Waals surface area contributed by atoms with Gasteiger partial charge in [-0.15, -0.1) is 11.3 Å². The second-order valence-corrected chi connectivity index (χ2v) is 9.18. The van der Waals surface area contributed by atoms with Crippen molar-refractivity contribution in [1.82, 2.24) is 4.98 Å². The predicted octanol–water partition coefficient (Wildman–Crippen LogP) is 2.91. The maximum absolute atomic E-state index is 12.2. The first kappa shape index (κ1) is 19.9. The van der Waals surface area contributed by atoms with Gasteiger partial charge in [-0.1, -0.05) is 13.8 Å². The number of rotatable bonds is 6. The number of carbonyl (C=O) groups excluding carboxylic acids is 1. The lowest BCUT2D eigenvalue weighted by Crippen LogP contribution is -2.23. The lowest BCUT2D eigenvalue weighted by atomic mass is 10.0. The molecule has 0 aliphatic rings. The smallest absolute Gasteiger partial charge is 0.357 e. The molecule has 0 radical (unpaired) electrons. The summed E-state index contributed by atoms with van der Waals surface area (Å²) in [5.74, 6) is -0.484. The fourth-order valence-corrected chi connectivity index (χ4v) is 3.09. The van der Waals surface area contributed by atoms with Crippen LogP contribution in [0.5, 0.6) is 0 Å². The summed E-state index contributed by atoms with van der Waals surface area (Å²) in [6.45, 7) is 9.43. The highest BCUT2D eigenvalue weighted by atomic mass is 32.2. The number of aromatic nitrogens is 1. The van der Waals surface area contributed by atoms with Gasteiger partial charge in [0.25, 0.3) is 0 Å². The molecule has 23 heavy (non-hydrogen) atoms. The minimum absolute atomic E-state index is 0.0518. The molecule has 1 aromatic rings. The highest BCUT2D eigenvalue weighted by Gasteiger charge is 2.23. The van der Waals surface area contributed by atoms with Crippen molar-refractivity contribution < 1.29 is 18.8 Å². The van der Waals surface area contributed by atoms with Gasteiger partial charge in [0.1, 0.15) is 22.1 Å². The summed E-state index contributed by atoms with van der Waals surface area (Å²) in [6, 6.07) is 0. The summed E-state index contributed by atoms with van der Waals surface area (Å²) in [4.78, 5) is 15.5. The fraction of sp³-hybridized carbons (Fsp3) is 0.667. The van der Waals surface area contributed by atoms with Crippen molar-refractivity contribution in [2.24, 2.45) is 10.3 Å². The zero-order valence-electron chi connectivity index (χ0n) is 14.3. The Hall–Kier alpha value is -1.12. The van der Waals surface area contributed by atoms with E-state index in [1.807, 2.05) is 34.6 Å². The van der Waals surface area contributed by atoms with Gasteiger partial charge in [0.15, 0.2) is 5.69 Å². The van der Waals surface area contributed by atoms with Crippen LogP contribution in [0.15, 0.2) is 9.78 Å². The van der Waals surface area contributed by atoms with E-state index in [0.717, 1.165) is 0 Å². The van der Waals surface area contributed by atoms with E-state index in [2.05, 4.69) is 14.1 Å². The lowest BCUT2D eigenvalue weighted by molar-refractivity contribution is 0.0594. The van der Waals surface area contributed by atoms with Crippen LogP contribution < -0.4 is 0 Å². The van der Waals surface area contributed by atoms with Gasteiger partial charge in [-0.05, 0) is 26.7 Å². The molecule has 1 heterocycles. The number of aliphatic hydroxyl groups is 1. The fourth-order valence-electron chi connectivity index (χ4n) is 1.55. The third kappa shape index (κ3) is 5.78. The second kappa shape index (κ2) is 8.12. The average molecular weight is 361 g/mol. The molecule has 1 N–H and O–H groups in total. The van der Waals surface area contributed by atoms with Crippen molar-refractivity contribution in [3.8, 4) is 0 Å². The van der Waals surface area contributed by atoms with Crippen LogP contribution in [-0.2, 0) is 15.7 Å². The molecule has 0 fully saturated rings. The van der Waals surface area contributed by atoms with E-state index in [-0.39, 0.29) is 18.0 Å². The number of esters is 1. The molecule has 1 unspecified atom stereocenters. The van der Waals surface area contributed by atoms with Gasteiger partial charge in [0.05, 0.1) is 11.9 Å². The highest BCUT2D eigenvalue weighted by Crippen LogP contribution is 2.24. The van der Waals surface area contributed by atoms with Gasteiger partial charge in [0.2, 0.25) is 0 Å². The Kier molecular flexibility index (Phi) is 7.03. The molecule has 1 aromatic heterocycles. The van der Waals surface area contributed by atoms with Crippen molar-refractivity contribution in [1.29, 1.82) is 0 Å². The summed E-state index contributed by atoms with van der Waals surface area (Å²) in [5.41, 5.74) is 0.841. The molecule has 1 rings (SSSR count). The quantitative estimate of drug-likeness (QED) is 0.622. The summed E-state index contributed by atoms with van der Waals surface area (Å²) >= 11 is 1.19. The molecule has 0 aromatic carbocycles. The van der Waals surface area contributed by atoms with Crippen LogP contribution in [0.4, 0.5) is 0 Å². The van der Waals surface area contributed by atoms with Crippen LogP contribution in [-0.4, -0.2) is 37.8 Å². The first-order valence-corrected chi connectivity index (χ1v) is 9.26. The van der Waals surface area contributed by atoms with E-state index < -0.39 is 27.8 Å². The minimum Gasteiger partial charge on any atom is -0.464 e. The van der Waals surface area contributed by atoms with Crippen LogP contribution in [0.25, 0.3) is 0 Å². The van der Waals surface area contributed by atoms with Gasteiger partial charge < -0.3 is 9.84 Å². The van der Waals surface area contributed by atoms with E-state index in [4.69, 9.17) is 0 Å². The van der Waals surface area contributed by atoms with Crippen molar-refractivity contribution in [3.63, 3.8) is 0 Å². The molecular formula is C15H24N2O4S2. The Labute approximate surface area is 143 Å². The lowest BCUT2D eigenvalue weighted by Gasteiger charge is -2.18. The number of thiazole rings is 1. The Morgan fingerprint density at radius 2 is 2.09 bits per heavy atom. The Bertz CT molecular complexity index is 603. The number of hydrogen-bond acceptors (Lipinski definition) is 6. The van der Waals surface area contributed by atoms with Crippen molar-refractivity contribution >= 4 is 34.0 Å². The van der Waals surface area contributed by atoms with E-state index in [1.54, 1.807) is 5.38 Å². The molecule has 0 amide bonds. The van der Waals surface area contributed by atoms with E-state index in [1.165, 1.54) is 18.4 Å². The Morgan fingerprint density at radius 1 is 1.48 bits per heavy atom. The predicted molar refractivity (Wildman–Crippen MR) is 93.2 cm³/mol. The molecule has 0 bridgehead atoms. The van der Waals surface area contributed by atoms with Crippen LogP contribution in [0.3, 0.4) is 0 Å². The van der Waals surface area contributed by atoms with Gasteiger partial charge in [-0.3, -0.25) is 0 Å². The van der Waals surface area contributed by atoms with Crippen molar-refractivity contribution in [3.05, 3.63) is 16.1 Å². The molecular weight excluding hydrogens is 336 g/mol. The maximum atomic E-state index is 12.2. The van der Waals surface area contributed by atoms with E-state index in [9.17, 15) is 14.1 Å². The van der Waals surface area contributed by atoms with Crippen LogP contribution in [0.2, 0.25) is 0 Å². The van der Waals surface area contributed by atoms with Crippen LogP contribution >= 0.6 is 11.3 Å². The number of hydrogen-bond donors (Lipinski definition) is 1. The first-order valence-electron chi connectivity index (χ1n) is 7.27. The second-order valence-electron chi connectivity index (χ2n) is 6.38. The third-order valence-electron chi connectivity index (χ3n) is 2.99. The highest BCUT2D eigenvalue weighted by molar-refractivity contribution is 7.85. The molecule has 8 heteroatoms. The molecule has 0 saturated carbocycles. The standard InChI is InChI=1S/C15H24N2O4S2/c1-9(2)10(17-23(20)15(3,4)5)7-12(18)13-16-11(8-22-13)14(19)21-6/h8-9,12,18H,7H2,1-6H3/b17-10-/t12-,23?/m1/s1. The number of aliphatic hydroxyl groups excluding tert-OH is 1. The molecule has 2 atom stereocenters. The summed E-state index contributed by atoms with van der Waals surface area (Å²) < 4.78 is 20.6. The summed E-state index contributed by atoms with van der Waals surface area (Å²) in [5, 5.41) is 12.3. The third-order valence-corrected chi connectivity index (χ3v) is 5.39. The molecule has 0 spiro atoms. The van der Waals surface area contributed by atoms with Crippen LogP contribution in [0, 0.1) is 5.92 Å². The number of carbonyl (C=O) groups is 1. The molecule has 0 aliphatic carbocycles. The van der Waals surface area contributed by atoms with Gasteiger partial charge in [0, 0.05) is 17.5 Å². The maximum Gasteiger partial charge on any atom is 0.357 e. The van der Waals surface area contributed by atoms with E-state index >= 15 is 0 Å². The van der Waals surface area contributed by atoms with Crippen LogP contribution in [0.1, 0.15) is 62.6 Å². The SMILES string of the molecule is COC(=O)c1csc([C@H](O)C/C(=N/S(=O)C(C)(C)C)C(C)C)n1. The Morgan fingerprint density at radius 3 is 2.57 bits per heavy atom. The van der Waals surface area contributed by atoms with Gasteiger partial charge >= 0.3 is 5.97 Å².